The van der Waals surface area contributed by atoms with Crippen molar-refractivity contribution >= 4 is 5.97 Å². The summed E-state index contributed by atoms with van der Waals surface area (Å²) in [7, 11) is 0. The first-order chi connectivity index (χ1) is 20.2. The van der Waals surface area contributed by atoms with Crippen LogP contribution in [0.4, 0.5) is 0 Å². The Morgan fingerprint density at radius 2 is 1.02 bits per heavy atom. The predicted octanol–water partition coefficient (Wildman–Crippen LogP) is 7.75. The minimum atomic E-state index is -0.831. The molecule has 1 N–H and O–H groups in total. The maximum Gasteiger partial charge on any atom is 0.321 e. The normalized spacial score (nSPS) is 12.5. The van der Waals surface area contributed by atoms with E-state index in [4.69, 9.17) is 4.74 Å². The molecule has 2 atom stereocenters. The third-order valence-electron chi connectivity index (χ3n) is 7.34. The van der Waals surface area contributed by atoms with Gasteiger partial charge in [-0.2, -0.15) is 0 Å². The van der Waals surface area contributed by atoms with E-state index in [0.717, 1.165) is 33.6 Å². The molecule has 0 amide bonds. The van der Waals surface area contributed by atoms with Crippen molar-refractivity contribution in [3.8, 4) is 5.75 Å². The van der Waals surface area contributed by atoms with Crippen molar-refractivity contribution in [3.05, 3.63) is 173 Å². The fraction of sp³-hybridized carbons (Fsp3) is 0.162. The summed E-state index contributed by atoms with van der Waals surface area (Å²) in [6, 6.07) is 47.6. The molecule has 0 heterocycles. The van der Waals surface area contributed by atoms with Crippen molar-refractivity contribution in [2.24, 2.45) is 0 Å². The minimum absolute atomic E-state index is 0.287. The van der Waals surface area contributed by atoms with Gasteiger partial charge in [0.05, 0.1) is 0 Å². The maximum atomic E-state index is 13.2. The van der Waals surface area contributed by atoms with E-state index in [1.165, 1.54) is 0 Å². The molecule has 5 aromatic carbocycles. The predicted molar refractivity (Wildman–Crippen MR) is 164 cm³/mol. The molecule has 4 heteroatoms. The zero-order chi connectivity index (χ0) is 28.3. The molecule has 0 saturated heterocycles. The number of benzene rings is 5. The Labute approximate surface area is 242 Å². The minimum Gasteiger partial charge on any atom is -0.489 e. The number of nitrogens with zero attached hydrogens (tertiary/aromatic N) is 1. The van der Waals surface area contributed by atoms with Gasteiger partial charge in [0, 0.05) is 19.0 Å². The maximum absolute atomic E-state index is 13.2. The van der Waals surface area contributed by atoms with E-state index in [1.54, 1.807) is 0 Å². The number of carbonyl (C=O) groups is 1. The molecule has 0 spiro atoms. The van der Waals surface area contributed by atoms with E-state index >= 15 is 0 Å². The summed E-state index contributed by atoms with van der Waals surface area (Å²) < 4.78 is 6.03. The van der Waals surface area contributed by atoms with Crippen LogP contribution >= 0.6 is 0 Å². The molecule has 0 saturated carbocycles. The average Bonchev–Trinajstić information content (AvgIpc) is 3.02. The van der Waals surface area contributed by atoms with Gasteiger partial charge < -0.3 is 9.84 Å². The second kappa shape index (κ2) is 14.1. The Balaban J connectivity index is 1.48. The Kier molecular flexibility index (Phi) is 9.59. The lowest BCUT2D eigenvalue weighted by molar-refractivity contribution is -0.145. The number of carboxylic acid groups (broad SMARTS) is 1. The first-order valence-electron chi connectivity index (χ1n) is 14.0. The molecule has 206 valence electrons. The van der Waals surface area contributed by atoms with Crippen LogP contribution in [0.1, 0.15) is 33.7 Å². The van der Waals surface area contributed by atoms with E-state index < -0.39 is 12.0 Å². The molecule has 5 aromatic rings. The largest absolute Gasteiger partial charge is 0.489 e. The van der Waals surface area contributed by atoms with Gasteiger partial charge in [0.2, 0.25) is 0 Å². The fourth-order valence-electron chi connectivity index (χ4n) is 5.30. The third kappa shape index (κ3) is 7.93. The Bertz CT molecular complexity index is 1430. The van der Waals surface area contributed by atoms with Crippen LogP contribution in [-0.4, -0.2) is 22.0 Å². The van der Waals surface area contributed by atoms with Crippen LogP contribution in [-0.2, 0) is 30.9 Å². The van der Waals surface area contributed by atoms with Crippen molar-refractivity contribution in [2.75, 3.05) is 0 Å². The number of hydrogen-bond acceptors (Lipinski definition) is 3. The molecule has 0 aromatic heterocycles. The van der Waals surface area contributed by atoms with Gasteiger partial charge in [0.15, 0.2) is 0 Å². The van der Waals surface area contributed by atoms with E-state index in [-0.39, 0.29) is 5.92 Å². The average molecular weight is 542 g/mol. The molecule has 0 radical (unpaired) electrons. The number of rotatable bonds is 13. The number of aliphatic carboxylic acids is 1. The van der Waals surface area contributed by atoms with Crippen molar-refractivity contribution in [1.29, 1.82) is 0 Å². The highest BCUT2D eigenvalue weighted by molar-refractivity contribution is 5.75. The topological polar surface area (TPSA) is 49.8 Å². The molecule has 0 bridgehead atoms. The van der Waals surface area contributed by atoms with Crippen LogP contribution in [0.2, 0.25) is 0 Å². The number of ether oxygens (including phenoxy) is 1. The summed E-state index contributed by atoms with van der Waals surface area (Å²) in [5.74, 6) is -0.360. The number of carboxylic acids is 1. The van der Waals surface area contributed by atoms with Gasteiger partial charge >= 0.3 is 5.97 Å². The fourth-order valence-corrected chi connectivity index (χ4v) is 5.30. The number of hydrogen-bond donors (Lipinski definition) is 1. The SMILES string of the molecule is O=C(O)[C@H](C(Cc1ccccc1)c1ccc(OCc2ccccc2)cc1)N(Cc1ccccc1)Cc1ccccc1. The summed E-state index contributed by atoms with van der Waals surface area (Å²) in [6.45, 7) is 1.53. The van der Waals surface area contributed by atoms with Gasteiger partial charge in [-0.25, -0.2) is 0 Å². The summed E-state index contributed by atoms with van der Waals surface area (Å²) in [5.41, 5.74) is 5.34. The van der Waals surface area contributed by atoms with Gasteiger partial charge in [0.25, 0.3) is 0 Å². The highest BCUT2D eigenvalue weighted by Gasteiger charge is 2.35. The Hall–Kier alpha value is -4.67. The Morgan fingerprint density at radius 1 is 0.585 bits per heavy atom. The molecule has 0 fully saturated rings. The quantitative estimate of drug-likeness (QED) is 0.166. The van der Waals surface area contributed by atoms with Crippen LogP contribution in [0.25, 0.3) is 0 Å². The standard InChI is InChI=1S/C37H35NO3/c39-37(40)36(38(26-30-15-7-2-8-16-30)27-31-17-9-3-10-18-31)35(25-29-13-5-1-6-14-29)33-21-23-34(24-22-33)41-28-32-19-11-4-12-20-32/h1-24,35-36H,25-28H2,(H,39,40)/t35?,36-/m0/s1. The molecular weight excluding hydrogens is 506 g/mol. The van der Waals surface area contributed by atoms with Gasteiger partial charge in [-0.15, -0.1) is 0 Å². The zero-order valence-electron chi connectivity index (χ0n) is 23.1. The van der Waals surface area contributed by atoms with Gasteiger partial charge in [0.1, 0.15) is 18.4 Å². The van der Waals surface area contributed by atoms with Gasteiger partial charge in [-0.3, -0.25) is 9.69 Å². The highest BCUT2D eigenvalue weighted by atomic mass is 16.5. The summed E-state index contributed by atoms with van der Waals surface area (Å²) in [5, 5.41) is 10.8. The van der Waals surface area contributed by atoms with E-state index in [9.17, 15) is 9.90 Å². The van der Waals surface area contributed by atoms with E-state index in [1.807, 2.05) is 109 Å². The molecule has 1 unspecified atom stereocenters. The summed E-state index contributed by atoms with van der Waals surface area (Å²) in [6.07, 6.45) is 0.599. The zero-order valence-corrected chi connectivity index (χ0v) is 23.1. The van der Waals surface area contributed by atoms with Crippen molar-refractivity contribution < 1.29 is 14.6 Å². The molecule has 0 aliphatic rings. The molecule has 0 aliphatic carbocycles. The van der Waals surface area contributed by atoms with Crippen LogP contribution in [0, 0.1) is 0 Å². The Morgan fingerprint density at radius 3 is 1.49 bits per heavy atom. The smallest absolute Gasteiger partial charge is 0.321 e. The first-order valence-corrected chi connectivity index (χ1v) is 14.0. The van der Waals surface area contributed by atoms with Crippen molar-refractivity contribution in [3.63, 3.8) is 0 Å². The monoisotopic (exact) mass is 541 g/mol. The molecular formula is C37H35NO3. The van der Waals surface area contributed by atoms with Gasteiger partial charge in [-0.1, -0.05) is 133 Å². The second-order valence-electron chi connectivity index (χ2n) is 10.3. The first kappa shape index (κ1) is 27.9. The molecule has 4 nitrogen and oxygen atoms in total. The van der Waals surface area contributed by atoms with Crippen LogP contribution in [0.15, 0.2) is 146 Å². The van der Waals surface area contributed by atoms with Crippen molar-refractivity contribution in [1.82, 2.24) is 4.90 Å². The third-order valence-corrected chi connectivity index (χ3v) is 7.34. The van der Waals surface area contributed by atoms with Crippen LogP contribution < -0.4 is 4.74 Å². The van der Waals surface area contributed by atoms with E-state index in [0.29, 0.717) is 26.1 Å². The lowest BCUT2D eigenvalue weighted by atomic mass is 9.84. The van der Waals surface area contributed by atoms with Crippen molar-refractivity contribution in [2.45, 2.75) is 38.1 Å². The van der Waals surface area contributed by atoms with Crippen LogP contribution in [0.3, 0.4) is 0 Å². The van der Waals surface area contributed by atoms with Gasteiger partial charge in [-0.05, 0) is 46.4 Å². The molecule has 41 heavy (non-hydrogen) atoms. The van der Waals surface area contributed by atoms with E-state index in [2.05, 4.69) is 41.3 Å². The highest BCUT2D eigenvalue weighted by Crippen LogP contribution is 2.32. The summed E-state index contributed by atoms with van der Waals surface area (Å²) >= 11 is 0. The lowest BCUT2D eigenvalue weighted by Crippen LogP contribution is -2.45. The molecule has 5 rings (SSSR count). The van der Waals surface area contributed by atoms with Crippen LogP contribution in [0.5, 0.6) is 5.75 Å². The molecule has 0 aliphatic heterocycles. The lowest BCUT2D eigenvalue weighted by Gasteiger charge is -2.35. The summed E-state index contributed by atoms with van der Waals surface area (Å²) in [4.78, 5) is 15.3. The second-order valence-corrected chi connectivity index (χ2v) is 10.3.